The smallest absolute Gasteiger partial charge is 0.303 e. The molecule has 1 fully saturated rings. The number of nitrogens with one attached hydrogen (secondary N) is 1. The molecule has 136 valence electrons. The molecular formula is C18H24N2O4S. The van der Waals surface area contributed by atoms with Gasteiger partial charge in [-0.15, -0.1) is 11.8 Å². The summed E-state index contributed by atoms with van der Waals surface area (Å²) >= 11 is 1.58. The van der Waals surface area contributed by atoms with Crippen molar-refractivity contribution in [2.75, 3.05) is 16.9 Å². The molecule has 1 aliphatic rings. The quantitative estimate of drug-likeness (QED) is 0.777. The first kappa shape index (κ1) is 19.3. The van der Waals surface area contributed by atoms with E-state index in [4.69, 9.17) is 5.11 Å². The number of thioether (sulfide) groups is 1. The normalized spacial score (nSPS) is 18.0. The standard InChI is InChI=1S/C18H24N2O4S/c1-3-12(2)18(24)20-11-25-10-15(20)17(23)19-14-6-4-5-13(9-14)7-8-16(21)22/h4-6,9,12,15H,3,7-8,10-11H2,1-2H3,(H,19,23)(H,21,22). The van der Waals surface area contributed by atoms with Crippen molar-refractivity contribution in [1.29, 1.82) is 0 Å². The average molecular weight is 364 g/mol. The minimum Gasteiger partial charge on any atom is -0.481 e. The maximum absolute atomic E-state index is 12.6. The van der Waals surface area contributed by atoms with Gasteiger partial charge in [0.1, 0.15) is 6.04 Å². The topological polar surface area (TPSA) is 86.7 Å². The molecular weight excluding hydrogens is 340 g/mol. The summed E-state index contributed by atoms with van der Waals surface area (Å²) in [6.07, 6.45) is 1.21. The Bertz CT molecular complexity index is 650. The third-order valence-electron chi connectivity index (χ3n) is 4.32. The molecule has 2 N–H and O–H groups in total. The van der Waals surface area contributed by atoms with Gasteiger partial charge in [-0.25, -0.2) is 0 Å². The van der Waals surface area contributed by atoms with E-state index in [1.165, 1.54) is 0 Å². The summed E-state index contributed by atoms with van der Waals surface area (Å²) in [4.78, 5) is 37.4. The number of benzene rings is 1. The predicted molar refractivity (Wildman–Crippen MR) is 98.4 cm³/mol. The molecule has 1 heterocycles. The van der Waals surface area contributed by atoms with Gasteiger partial charge in [-0.05, 0) is 30.5 Å². The molecule has 2 rings (SSSR count). The Labute approximate surface area is 152 Å². The molecule has 1 aliphatic heterocycles. The maximum Gasteiger partial charge on any atom is 0.303 e. The molecule has 0 bridgehead atoms. The van der Waals surface area contributed by atoms with Crippen molar-refractivity contribution in [3.8, 4) is 0 Å². The zero-order valence-electron chi connectivity index (χ0n) is 14.5. The zero-order valence-corrected chi connectivity index (χ0v) is 15.3. The van der Waals surface area contributed by atoms with Crippen LogP contribution in [-0.2, 0) is 20.8 Å². The summed E-state index contributed by atoms with van der Waals surface area (Å²) in [6, 6.07) is 6.71. The Hall–Kier alpha value is -2.02. The number of aliphatic carboxylic acids is 1. The number of carbonyl (C=O) groups excluding carboxylic acids is 2. The number of anilines is 1. The highest BCUT2D eigenvalue weighted by Crippen LogP contribution is 2.25. The van der Waals surface area contributed by atoms with Crippen LogP contribution in [0.4, 0.5) is 5.69 Å². The number of hydrogen-bond donors (Lipinski definition) is 2. The van der Waals surface area contributed by atoms with Crippen LogP contribution in [0.15, 0.2) is 24.3 Å². The van der Waals surface area contributed by atoms with Crippen LogP contribution in [0, 0.1) is 5.92 Å². The summed E-state index contributed by atoms with van der Waals surface area (Å²) in [5, 5.41) is 11.6. The second-order valence-electron chi connectivity index (χ2n) is 6.22. The maximum atomic E-state index is 12.6. The van der Waals surface area contributed by atoms with Crippen molar-refractivity contribution in [2.45, 2.75) is 39.2 Å². The van der Waals surface area contributed by atoms with Crippen molar-refractivity contribution in [1.82, 2.24) is 4.90 Å². The molecule has 0 saturated carbocycles. The number of carbonyl (C=O) groups is 3. The minimum atomic E-state index is -0.850. The molecule has 1 saturated heterocycles. The van der Waals surface area contributed by atoms with Crippen LogP contribution in [0.2, 0.25) is 0 Å². The van der Waals surface area contributed by atoms with Crippen LogP contribution >= 0.6 is 11.8 Å². The van der Waals surface area contributed by atoms with E-state index >= 15 is 0 Å². The van der Waals surface area contributed by atoms with Crippen molar-refractivity contribution in [3.05, 3.63) is 29.8 Å². The van der Waals surface area contributed by atoms with Crippen molar-refractivity contribution in [2.24, 2.45) is 5.92 Å². The number of amides is 2. The lowest BCUT2D eigenvalue weighted by atomic mass is 10.1. The summed E-state index contributed by atoms with van der Waals surface area (Å²) in [7, 11) is 0. The fourth-order valence-electron chi connectivity index (χ4n) is 2.62. The van der Waals surface area contributed by atoms with Gasteiger partial charge in [-0.3, -0.25) is 14.4 Å². The highest BCUT2D eigenvalue weighted by atomic mass is 32.2. The fourth-order valence-corrected chi connectivity index (χ4v) is 3.78. The molecule has 2 atom stereocenters. The van der Waals surface area contributed by atoms with Gasteiger partial charge < -0.3 is 15.3 Å². The molecule has 1 aromatic carbocycles. The highest BCUT2D eigenvalue weighted by molar-refractivity contribution is 7.99. The van der Waals surface area contributed by atoms with E-state index < -0.39 is 12.0 Å². The molecule has 0 aliphatic carbocycles. The first-order valence-electron chi connectivity index (χ1n) is 8.42. The summed E-state index contributed by atoms with van der Waals surface area (Å²) in [5.41, 5.74) is 1.48. The van der Waals surface area contributed by atoms with Crippen LogP contribution < -0.4 is 5.32 Å². The first-order chi connectivity index (χ1) is 11.9. The summed E-state index contributed by atoms with van der Waals surface area (Å²) < 4.78 is 0. The van der Waals surface area contributed by atoms with Gasteiger partial charge >= 0.3 is 5.97 Å². The van der Waals surface area contributed by atoms with Gasteiger partial charge in [0.25, 0.3) is 0 Å². The van der Waals surface area contributed by atoms with Crippen LogP contribution in [0.3, 0.4) is 0 Å². The average Bonchev–Trinajstić information content (AvgIpc) is 3.08. The predicted octanol–water partition coefficient (Wildman–Crippen LogP) is 2.59. The number of carboxylic acids is 1. The lowest BCUT2D eigenvalue weighted by Gasteiger charge is -2.25. The lowest BCUT2D eigenvalue weighted by Crippen LogP contribution is -2.46. The minimum absolute atomic E-state index is 0.0165. The van der Waals surface area contributed by atoms with Crippen LogP contribution in [-0.4, -0.2) is 45.5 Å². The number of aryl methyl sites for hydroxylation is 1. The van der Waals surface area contributed by atoms with Crippen molar-refractivity contribution >= 4 is 35.2 Å². The molecule has 0 spiro atoms. The van der Waals surface area contributed by atoms with Gasteiger partial charge in [0.15, 0.2) is 0 Å². The summed E-state index contributed by atoms with van der Waals surface area (Å²) in [5.74, 6) is 0.0111. The highest BCUT2D eigenvalue weighted by Gasteiger charge is 2.36. The van der Waals surface area contributed by atoms with Crippen LogP contribution in [0.5, 0.6) is 0 Å². The Morgan fingerprint density at radius 2 is 2.16 bits per heavy atom. The Morgan fingerprint density at radius 3 is 2.84 bits per heavy atom. The van der Waals surface area contributed by atoms with Gasteiger partial charge in [0.05, 0.1) is 5.88 Å². The fraction of sp³-hybridized carbons (Fsp3) is 0.500. The van der Waals surface area contributed by atoms with Crippen molar-refractivity contribution < 1.29 is 19.5 Å². The zero-order chi connectivity index (χ0) is 18.4. The Balaban J connectivity index is 2.02. The van der Waals surface area contributed by atoms with Gasteiger partial charge in [0, 0.05) is 23.8 Å². The van der Waals surface area contributed by atoms with E-state index in [1.807, 2.05) is 19.9 Å². The van der Waals surface area contributed by atoms with E-state index in [9.17, 15) is 14.4 Å². The third kappa shape index (κ3) is 5.22. The van der Waals surface area contributed by atoms with E-state index in [0.717, 1.165) is 12.0 Å². The second kappa shape index (κ2) is 8.89. The molecule has 25 heavy (non-hydrogen) atoms. The molecule has 0 radical (unpaired) electrons. The molecule has 6 nitrogen and oxygen atoms in total. The molecule has 2 amide bonds. The summed E-state index contributed by atoms with van der Waals surface area (Å²) in [6.45, 7) is 3.84. The van der Waals surface area contributed by atoms with Crippen LogP contribution in [0.1, 0.15) is 32.3 Å². The monoisotopic (exact) mass is 364 g/mol. The molecule has 2 unspecified atom stereocenters. The van der Waals surface area contributed by atoms with E-state index in [-0.39, 0.29) is 24.2 Å². The Kier molecular flexibility index (Phi) is 6.87. The SMILES string of the molecule is CCC(C)C(=O)N1CSCC1C(=O)Nc1cccc(CCC(=O)O)c1. The number of nitrogens with zero attached hydrogens (tertiary/aromatic N) is 1. The Morgan fingerprint density at radius 1 is 1.40 bits per heavy atom. The molecule has 1 aromatic rings. The molecule has 7 heteroatoms. The second-order valence-corrected chi connectivity index (χ2v) is 7.22. The number of hydrogen-bond acceptors (Lipinski definition) is 4. The molecule has 0 aromatic heterocycles. The largest absolute Gasteiger partial charge is 0.481 e. The van der Waals surface area contributed by atoms with E-state index in [2.05, 4.69) is 5.32 Å². The third-order valence-corrected chi connectivity index (χ3v) is 5.34. The van der Waals surface area contributed by atoms with Gasteiger partial charge in [-0.2, -0.15) is 0 Å². The van der Waals surface area contributed by atoms with E-state index in [0.29, 0.717) is 23.7 Å². The van der Waals surface area contributed by atoms with Crippen LogP contribution in [0.25, 0.3) is 0 Å². The van der Waals surface area contributed by atoms with E-state index in [1.54, 1.807) is 34.9 Å². The number of rotatable bonds is 7. The van der Waals surface area contributed by atoms with Gasteiger partial charge in [-0.1, -0.05) is 26.0 Å². The number of carboxylic acid groups (broad SMARTS) is 1. The van der Waals surface area contributed by atoms with Crippen molar-refractivity contribution in [3.63, 3.8) is 0 Å². The van der Waals surface area contributed by atoms with Gasteiger partial charge in [0.2, 0.25) is 11.8 Å². The lowest BCUT2D eigenvalue weighted by molar-refractivity contribution is -0.139. The first-order valence-corrected chi connectivity index (χ1v) is 9.57.